The van der Waals surface area contributed by atoms with Gasteiger partial charge in [-0.05, 0) is 5.92 Å². The molecule has 0 saturated heterocycles. The van der Waals surface area contributed by atoms with Crippen molar-refractivity contribution in [3.8, 4) is 0 Å². The molecule has 17 heavy (non-hydrogen) atoms. The Morgan fingerprint density at radius 3 is 2.12 bits per heavy atom. The Morgan fingerprint density at radius 1 is 1.24 bits per heavy atom. The number of urea groups is 1. The molecular weight excluding hydrogens is 226 g/mol. The Kier molecular flexibility index (Phi) is 6.01. The fourth-order valence-corrected chi connectivity index (χ4v) is 1.09. The maximum atomic E-state index is 11.4. The molecule has 5 N–H and O–H groups in total. The lowest BCUT2D eigenvalue weighted by molar-refractivity contribution is -0.140. The van der Waals surface area contributed by atoms with E-state index in [1.165, 1.54) is 6.92 Å². The van der Waals surface area contributed by atoms with Crippen LogP contribution in [0.3, 0.4) is 0 Å². The van der Waals surface area contributed by atoms with Crippen LogP contribution in [0.1, 0.15) is 20.8 Å². The monoisotopic (exact) mass is 245 g/mol. The molecule has 0 heterocycles. The van der Waals surface area contributed by atoms with Crippen LogP contribution in [-0.2, 0) is 9.59 Å². The van der Waals surface area contributed by atoms with Crippen LogP contribution in [0.15, 0.2) is 0 Å². The van der Waals surface area contributed by atoms with Crippen molar-refractivity contribution in [1.29, 1.82) is 0 Å². The molecule has 7 heteroatoms. The molecule has 0 saturated carbocycles. The van der Waals surface area contributed by atoms with Crippen LogP contribution in [0, 0.1) is 11.8 Å². The fraction of sp³-hybridized carbons (Fsp3) is 0.700. The van der Waals surface area contributed by atoms with Gasteiger partial charge in [-0.1, -0.05) is 20.8 Å². The van der Waals surface area contributed by atoms with Gasteiger partial charge in [0, 0.05) is 6.54 Å². The van der Waals surface area contributed by atoms with Crippen molar-refractivity contribution >= 4 is 17.9 Å². The molecule has 2 unspecified atom stereocenters. The highest BCUT2D eigenvalue weighted by molar-refractivity contribution is 5.86. The Labute approximate surface area is 99.7 Å². The highest BCUT2D eigenvalue weighted by Crippen LogP contribution is 2.00. The minimum Gasteiger partial charge on any atom is -0.481 e. The zero-order chi connectivity index (χ0) is 13.6. The van der Waals surface area contributed by atoms with Crippen LogP contribution in [0.5, 0.6) is 0 Å². The van der Waals surface area contributed by atoms with Gasteiger partial charge in [0.2, 0.25) is 5.91 Å². The van der Waals surface area contributed by atoms with Gasteiger partial charge in [0.25, 0.3) is 0 Å². The average molecular weight is 245 g/mol. The number of carbonyl (C=O) groups is 3. The van der Waals surface area contributed by atoms with E-state index in [2.05, 4.69) is 10.6 Å². The number of carboxylic acid groups (broad SMARTS) is 1. The van der Waals surface area contributed by atoms with E-state index < -0.39 is 29.9 Å². The standard InChI is InChI=1S/C10H19N3O4/c1-5(2)7(8(11)14)13-10(17)12-4-6(3)9(15)16/h5-7H,4H2,1-3H3,(H2,11,14)(H,15,16)(H2,12,13,17). The Bertz CT molecular complexity index is 304. The quantitative estimate of drug-likeness (QED) is 0.504. The van der Waals surface area contributed by atoms with E-state index >= 15 is 0 Å². The number of primary amides is 1. The van der Waals surface area contributed by atoms with Gasteiger partial charge in [0.15, 0.2) is 0 Å². The first-order valence-electron chi connectivity index (χ1n) is 5.32. The summed E-state index contributed by atoms with van der Waals surface area (Å²) in [6.07, 6.45) is 0. The molecule has 2 atom stereocenters. The van der Waals surface area contributed by atoms with Gasteiger partial charge in [-0.15, -0.1) is 0 Å². The molecule has 0 aromatic rings. The lowest BCUT2D eigenvalue weighted by atomic mass is 10.0. The molecule has 98 valence electrons. The molecule has 3 amide bonds. The van der Waals surface area contributed by atoms with Crippen LogP contribution >= 0.6 is 0 Å². The minimum absolute atomic E-state index is 0.00918. The second kappa shape index (κ2) is 6.72. The molecule has 7 nitrogen and oxygen atoms in total. The number of aliphatic carboxylic acids is 1. The van der Waals surface area contributed by atoms with Crippen molar-refractivity contribution in [1.82, 2.24) is 10.6 Å². The van der Waals surface area contributed by atoms with E-state index in [9.17, 15) is 14.4 Å². The second-order valence-electron chi connectivity index (χ2n) is 4.22. The molecule has 0 aliphatic rings. The summed E-state index contributed by atoms with van der Waals surface area (Å²) in [5, 5.41) is 13.4. The molecule has 0 rings (SSSR count). The molecule has 0 fully saturated rings. The number of carbonyl (C=O) groups excluding carboxylic acids is 2. The number of nitrogens with one attached hydrogen (secondary N) is 2. The number of amides is 3. The van der Waals surface area contributed by atoms with E-state index in [4.69, 9.17) is 10.8 Å². The SMILES string of the molecule is CC(CNC(=O)NC(C(N)=O)C(C)C)C(=O)O. The van der Waals surface area contributed by atoms with Crippen LogP contribution in [0.4, 0.5) is 4.79 Å². The Morgan fingerprint density at radius 2 is 1.76 bits per heavy atom. The van der Waals surface area contributed by atoms with Crippen molar-refractivity contribution in [2.45, 2.75) is 26.8 Å². The molecule has 0 aromatic carbocycles. The largest absolute Gasteiger partial charge is 0.481 e. The molecule has 0 bridgehead atoms. The van der Waals surface area contributed by atoms with Crippen molar-refractivity contribution in [3.05, 3.63) is 0 Å². The number of carboxylic acids is 1. The smallest absolute Gasteiger partial charge is 0.315 e. The predicted molar refractivity (Wildman–Crippen MR) is 61.2 cm³/mol. The van der Waals surface area contributed by atoms with E-state index in [0.717, 1.165) is 0 Å². The molecule has 0 aliphatic carbocycles. The maximum Gasteiger partial charge on any atom is 0.315 e. The number of hydrogen-bond acceptors (Lipinski definition) is 3. The highest BCUT2D eigenvalue weighted by Gasteiger charge is 2.22. The van der Waals surface area contributed by atoms with Crippen LogP contribution in [-0.4, -0.2) is 35.6 Å². The molecule has 0 aliphatic heterocycles. The van der Waals surface area contributed by atoms with Crippen molar-refractivity contribution in [2.24, 2.45) is 17.6 Å². The predicted octanol–water partition coefficient (Wildman–Crippen LogP) is -0.484. The lowest BCUT2D eigenvalue weighted by Crippen LogP contribution is -2.51. The van der Waals surface area contributed by atoms with Gasteiger partial charge < -0.3 is 21.5 Å². The summed E-state index contributed by atoms with van der Waals surface area (Å²) >= 11 is 0. The van der Waals surface area contributed by atoms with Crippen molar-refractivity contribution < 1.29 is 19.5 Å². The zero-order valence-electron chi connectivity index (χ0n) is 10.2. The first kappa shape index (κ1) is 15.2. The number of rotatable bonds is 6. The van der Waals surface area contributed by atoms with Crippen LogP contribution in [0.2, 0.25) is 0 Å². The summed E-state index contributed by atoms with van der Waals surface area (Å²) in [5.41, 5.74) is 5.11. The van der Waals surface area contributed by atoms with E-state index in [1.54, 1.807) is 13.8 Å². The summed E-state index contributed by atoms with van der Waals surface area (Å²) in [6, 6.07) is -1.37. The van der Waals surface area contributed by atoms with Crippen molar-refractivity contribution in [3.63, 3.8) is 0 Å². The first-order chi connectivity index (χ1) is 7.75. The van der Waals surface area contributed by atoms with Gasteiger partial charge >= 0.3 is 12.0 Å². The fourth-order valence-electron chi connectivity index (χ4n) is 1.09. The first-order valence-corrected chi connectivity index (χ1v) is 5.32. The summed E-state index contributed by atoms with van der Waals surface area (Å²) < 4.78 is 0. The van der Waals surface area contributed by atoms with Gasteiger partial charge in [0.1, 0.15) is 6.04 Å². The van der Waals surface area contributed by atoms with Crippen molar-refractivity contribution in [2.75, 3.05) is 6.54 Å². The van der Waals surface area contributed by atoms with Crippen LogP contribution < -0.4 is 16.4 Å². The topological polar surface area (TPSA) is 122 Å². The molecular formula is C10H19N3O4. The third-order valence-electron chi connectivity index (χ3n) is 2.25. The van der Waals surface area contributed by atoms with E-state index in [0.29, 0.717) is 0 Å². The van der Waals surface area contributed by atoms with Crippen LogP contribution in [0.25, 0.3) is 0 Å². The van der Waals surface area contributed by atoms with Gasteiger partial charge in [-0.3, -0.25) is 9.59 Å². The van der Waals surface area contributed by atoms with Gasteiger partial charge in [-0.25, -0.2) is 4.79 Å². The molecule has 0 spiro atoms. The lowest BCUT2D eigenvalue weighted by Gasteiger charge is -2.19. The Balaban J connectivity index is 4.16. The zero-order valence-corrected chi connectivity index (χ0v) is 10.2. The third kappa shape index (κ3) is 5.74. The number of hydrogen-bond donors (Lipinski definition) is 4. The average Bonchev–Trinajstić information content (AvgIpc) is 2.21. The van der Waals surface area contributed by atoms with Gasteiger partial charge in [0.05, 0.1) is 5.92 Å². The third-order valence-corrected chi connectivity index (χ3v) is 2.25. The van der Waals surface area contributed by atoms with E-state index in [-0.39, 0.29) is 12.5 Å². The number of nitrogens with two attached hydrogens (primary N) is 1. The summed E-state index contributed by atoms with van der Waals surface area (Å²) in [6.45, 7) is 4.95. The summed E-state index contributed by atoms with van der Waals surface area (Å²) in [7, 11) is 0. The highest BCUT2D eigenvalue weighted by atomic mass is 16.4. The summed E-state index contributed by atoms with van der Waals surface area (Å²) in [4.78, 5) is 32.9. The molecule has 0 radical (unpaired) electrons. The maximum absolute atomic E-state index is 11.4. The minimum atomic E-state index is -0.999. The van der Waals surface area contributed by atoms with E-state index in [1.807, 2.05) is 0 Å². The normalized spacial score (nSPS) is 13.9. The molecule has 0 aromatic heterocycles. The summed E-state index contributed by atoms with van der Waals surface area (Å²) in [5.74, 6) is -2.44. The second-order valence-corrected chi connectivity index (χ2v) is 4.22. The Hall–Kier alpha value is -1.79. The van der Waals surface area contributed by atoms with Gasteiger partial charge in [-0.2, -0.15) is 0 Å².